The minimum Gasteiger partial charge on any atom is -0.469 e. The number of ether oxygens (including phenoxy) is 1. The average Bonchev–Trinajstić information content (AvgIpc) is 3.10. The SMILES string of the molecule is CC[C@H]1C(=O)[C@@H]2[C@H](CCC3(C)[C@@H]([C@H](C)CCC(=O)OC)CC[C@@H]23)C2(C)CC[C@@H](O)CC12. The Balaban J connectivity index is 1.59. The maximum absolute atomic E-state index is 14.0. The van der Waals surface area contributed by atoms with Crippen molar-refractivity contribution in [2.24, 2.45) is 52.3 Å². The maximum Gasteiger partial charge on any atom is 0.305 e. The van der Waals surface area contributed by atoms with Crippen molar-refractivity contribution in [2.75, 3.05) is 7.11 Å². The van der Waals surface area contributed by atoms with Gasteiger partial charge in [0.2, 0.25) is 0 Å². The summed E-state index contributed by atoms with van der Waals surface area (Å²) in [6.45, 7) is 9.42. The Morgan fingerprint density at radius 2 is 1.77 bits per heavy atom. The van der Waals surface area contributed by atoms with Gasteiger partial charge in [-0.3, -0.25) is 9.59 Å². The van der Waals surface area contributed by atoms with Crippen LogP contribution >= 0.6 is 0 Å². The summed E-state index contributed by atoms with van der Waals surface area (Å²) in [5, 5.41) is 10.4. The van der Waals surface area contributed by atoms with Crippen LogP contribution in [0.4, 0.5) is 0 Å². The zero-order chi connectivity index (χ0) is 22.6. The third-order valence-electron chi connectivity index (χ3n) is 10.9. The Labute approximate surface area is 188 Å². The van der Waals surface area contributed by atoms with Gasteiger partial charge in [-0.15, -0.1) is 0 Å². The highest BCUT2D eigenvalue weighted by atomic mass is 16.5. The summed E-state index contributed by atoms with van der Waals surface area (Å²) in [6, 6.07) is 0. The minimum atomic E-state index is -0.225. The molecule has 31 heavy (non-hydrogen) atoms. The van der Waals surface area contributed by atoms with Crippen molar-refractivity contribution in [3.63, 3.8) is 0 Å². The van der Waals surface area contributed by atoms with E-state index in [0.717, 1.165) is 44.9 Å². The van der Waals surface area contributed by atoms with Crippen LogP contribution in [-0.4, -0.2) is 30.1 Å². The van der Waals surface area contributed by atoms with E-state index in [-0.39, 0.29) is 34.7 Å². The summed E-state index contributed by atoms with van der Waals surface area (Å²) >= 11 is 0. The monoisotopic (exact) mass is 432 g/mol. The van der Waals surface area contributed by atoms with E-state index in [0.29, 0.717) is 41.8 Å². The fourth-order valence-electron chi connectivity index (χ4n) is 9.26. The molecule has 0 saturated heterocycles. The minimum absolute atomic E-state index is 0.109. The van der Waals surface area contributed by atoms with E-state index in [2.05, 4.69) is 27.7 Å². The Morgan fingerprint density at radius 1 is 1.10 bits per heavy atom. The molecule has 0 heterocycles. The van der Waals surface area contributed by atoms with Gasteiger partial charge in [0.05, 0.1) is 13.2 Å². The van der Waals surface area contributed by atoms with Crippen LogP contribution in [0.3, 0.4) is 0 Å². The maximum atomic E-state index is 14.0. The van der Waals surface area contributed by atoms with Crippen molar-refractivity contribution in [3.05, 3.63) is 0 Å². The number of aliphatic hydroxyl groups excluding tert-OH is 1. The van der Waals surface area contributed by atoms with Crippen molar-refractivity contribution in [3.8, 4) is 0 Å². The van der Waals surface area contributed by atoms with Crippen LogP contribution in [0, 0.1) is 52.3 Å². The second kappa shape index (κ2) is 8.47. The molecule has 0 amide bonds. The first-order valence-electron chi connectivity index (χ1n) is 13.0. The van der Waals surface area contributed by atoms with Crippen molar-refractivity contribution in [1.82, 2.24) is 0 Å². The van der Waals surface area contributed by atoms with E-state index in [1.165, 1.54) is 20.0 Å². The molecule has 176 valence electrons. The highest BCUT2D eigenvalue weighted by Gasteiger charge is 2.65. The lowest BCUT2D eigenvalue weighted by Gasteiger charge is -2.62. The van der Waals surface area contributed by atoms with E-state index in [9.17, 15) is 14.7 Å². The lowest BCUT2D eigenvalue weighted by molar-refractivity contribution is -0.173. The molecule has 10 atom stereocenters. The number of methoxy groups -OCH3 is 1. The summed E-state index contributed by atoms with van der Waals surface area (Å²) in [7, 11) is 1.47. The normalized spacial score (nSPS) is 47.8. The summed E-state index contributed by atoms with van der Waals surface area (Å²) in [6.07, 6.45) is 9.59. The fourth-order valence-corrected chi connectivity index (χ4v) is 9.26. The number of carbonyl (C=O) groups excluding carboxylic acids is 2. The summed E-state index contributed by atoms with van der Waals surface area (Å²) in [4.78, 5) is 25.7. The number of aliphatic hydroxyl groups is 1. The van der Waals surface area contributed by atoms with Gasteiger partial charge < -0.3 is 9.84 Å². The van der Waals surface area contributed by atoms with Gasteiger partial charge in [-0.05, 0) is 98.2 Å². The Morgan fingerprint density at radius 3 is 2.45 bits per heavy atom. The molecule has 0 aliphatic heterocycles. The molecule has 0 aromatic heterocycles. The lowest BCUT2D eigenvalue weighted by Crippen LogP contribution is -2.60. The quantitative estimate of drug-likeness (QED) is 0.590. The van der Waals surface area contributed by atoms with E-state index < -0.39 is 0 Å². The highest BCUT2D eigenvalue weighted by Crippen LogP contribution is 2.68. The Bertz CT molecular complexity index is 703. The number of carbonyl (C=O) groups is 2. The molecule has 0 aromatic rings. The first kappa shape index (κ1) is 23.3. The standard InChI is InChI=1S/C27H44O4/c1-6-18-22-15-17(28)11-13-27(22,4)21-12-14-26(3)19(16(2)7-10-23(29)31-5)8-9-20(26)24(21)25(18)30/h16-22,24,28H,6-15H2,1-5H3/t16-,17-,18-,19-,20+,21+,22?,24+,26?,27?/m1/s1. The molecule has 0 aromatic carbocycles. The molecule has 4 heteroatoms. The first-order valence-corrected chi connectivity index (χ1v) is 13.0. The van der Waals surface area contributed by atoms with Crippen LogP contribution in [0.25, 0.3) is 0 Å². The van der Waals surface area contributed by atoms with Gasteiger partial charge in [-0.2, -0.15) is 0 Å². The van der Waals surface area contributed by atoms with Crippen LogP contribution in [0.15, 0.2) is 0 Å². The molecule has 4 fully saturated rings. The van der Waals surface area contributed by atoms with Crippen molar-refractivity contribution < 1.29 is 19.4 Å². The zero-order valence-corrected chi connectivity index (χ0v) is 20.4. The molecular formula is C27H44O4. The second-order valence-electron chi connectivity index (χ2n) is 12.0. The largest absolute Gasteiger partial charge is 0.469 e. The number of Topliss-reactive ketones (excluding diaryl/α,β-unsaturated/α-hetero) is 1. The molecule has 1 N–H and O–H groups in total. The molecule has 4 aliphatic rings. The van der Waals surface area contributed by atoms with Gasteiger partial charge in [0.15, 0.2) is 0 Å². The number of esters is 1. The van der Waals surface area contributed by atoms with Crippen LogP contribution in [0.2, 0.25) is 0 Å². The molecule has 3 unspecified atom stereocenters. The predicted molar refractivity (Wildman–Crippen MR) is 121 cm³/mol. The van der Waals surface area contributed by atoms with E-state index in [4.69, 9.17) is 4.74 Å². The number of fused-ring (bicyclic) bond motifs is 5. The van der Waals surface area contributed by atoms with E-state index in [1.807, 2.05) is 0 Å². The molecule has 0 bridgehead atoms. The van der Waals surface area contributed by atoms with Gasteiger partial charge in [-0.1, -0.05) is 27.7 Å². The Hall–Kier alpha value is -0.900. The molecule has 0 radical (unpaired) electrons. The first-order chi connectivity index (χ1) is 14.7. The van der Waals surface area contributed by atoms with Gasteiger partial charge >= 0.3 is 5.97 Å². The zero-order valence-electron chi connectivity index (χ0n) is 20.4. The van der Waals surface area contributed by atoms with Crippen LogP contribution in [0.5, 0.6) is 0 Å². The number of rotatable bonds is 5. The van der Waals surface area contributed by atoms with E-state index >= 15 is 0 Å². The Kier molecular flexibility index (Phi) is 6.35. The smallest absolute Gasteiger partial charge is 0.305 e. The number of hydrogen-bond donors (Lipinski definition) is 1. The summed E-state index contributed by atoms with van der Waals surface area (Å²) < 4.78 is 4.87. The van der Waals surface area contributed by atoms with Crippen LogP contribution in [-0.2, 0) is 14.3 Å². The van der Waals surface area contributed by atoms with Crippen molar-refractivity contribution in [1.29, 1.82) is 0 Å². The van der Waals surface area contributed by atoms with Crippen LogP contribution in [0.1, 0.15) is 91.9 Å². The molecule has 4 saturated carbocycles. The average molecular weight is 433 g/mol. The highest BCUT2D eigenvalue weighted by molar-refractivity contribution is 5.86. The lowest BCUT2D eigenvalue weighted by atomic mass is 9.42. The van der Waals surface area contributed by atoms with Gasteiger partial charge in [0, 0.05) is 18.3 Å². The second-order valence-corrected chi connectivity index (χ2v) is 12.0. The summed E-state index contributed by atoms with van der Waals surface area (Å²) in [5.41, 5.74) is 0.413. The van der Waals surface area contributed by atoms with Crippen LogP contribution < -0.4 is 0 Å². The molecular weight excluding hydrogens is 388 g/mol. The number of hydrogen-bond acceptors (Lipinski definition) is 4. The number of ketones is 1. The fraction of sp³-hybridized carbons (Fsp3) is 0.926. The molecule has 4 nitrogen and oxygen atoms in total. The van der Waals surface area contributed by atoms with Gasteiger partial charge in [-0.25, -0.2) is 0 Å². The van der Waals surface area contributed by atoms with Crippen molar-refractivity contribution >= 4 is 11.8 Å². The predicted octanol–water partition coefficient (Wildman–Crippen LogP) is 5.41. The third kappa shape index (κ3) is 3.60. The van der Waals surface area contributed by atoms with Gasteiger partial charge in [0.25, 0.3) is 0 Å². The summed E-state index contributed by atoms with van der Waals surface area (Å²) in [5.74, 6) is 3.16. The third-order valence-corrected chi connectivity index (χ3v) is 10.9. The topological polar surface area (TPSA) is 63.6 Å². The van der Waals surface area contributed by atoms with E-state index in [1.54, 1.807) is 0 Å². The van der Waals surface area contributed by atoms with Crippen molar-refractivity contribution in [2.45, 2.75) is 98.0 Å². The molecule has 0 spiro atoms. The molecule has 4 rings (SSSR count). The van der Waals surface area contributed by atoms with Gasteiger partial charge in [0.1, 0.15) is 5.78 Å². The molecule has 4 aliphatic carbocycles.